The zero-order valence-corrected chi connectivity index (χ0v) is 9.82. The maximum atomic E-state index is 11.3. The Morgan fingerprint density at radius 1 is 1.12 bits per heavy atom. The number of rotatable bonds is 5. The normalized spacial score (nSPS) is 10.2. The van der Waals surface area contributed by atoms with Crippen molar-refractivity contribution in [1.82, 2.24) is 0 Å². The van der Waals surface area contributed by atoms with E-state index in [1.165, 1.54) is 13.8 Å². The Balaban J connectivity index is 2.77. The van der Waals surface area contributed by atoms with E-state index in [4.69, 9.17) is 4.74 Å². The van der Waals surface area contributed by atoms with Gasteiger partial charge < -0.3 is 4.74 Å². The molecule has 0 aliphatic rings. The fourth-order valence-corrected chi connectivity index (χ4v) is 1.57. The number of carbonyl (C=O) groups is 2. The number of hydrogen-bond acceptors (Lipinski definition) is 3. The molecule has 1 aromatic rings. The first-order valence-corrected chi connectivity index (χ1v) is 5.18. The highest BCUT2D eigenvalue weighted by Crippen LogP contribution is 2.15. The van der Waals surface area contributed by atoms with Crippen LogP contribution in [0.2, 0.25) is 0 Å². The quantitative estimate of drug-likeness (QED) is 0.713. The SMILES string of the molecule is COc1ccc(CC(C(C)=O)C(C)=O)cc1. The minimum absolute atomic E-state index is 0.0803. The molecule has 0 heterocycles. The van der Waals surface area contributed by atoms with Gasteiger partial charge in [-0.25, -0.2) is 0 Å². The van der Waals surface area contributed by atoms with Crippen LogP contribution in [0.3, 0.4) is 0 Å². The molecule has 0 aliphatic carbocycles. The summed E-state index contributed by atoms with van der Waals surface area (Å²) in [5, 5.41) is 0. The molecule has 3 nitrogen and oxygen atoms in total. The molecule has 0 saturated carbocycles. The van der Waals surface area contributed by atoms with Crippen LogP contribution in [0.15, 0.2) is 24.3 Å². The van der Waals surface area contributed by atoms with Gasteiger partial charge in [0.25, 0.3) is 0 Å². The van der Waals surface area contributed by atoms with Gasteiger partial charge in [-0.1, -0.05) is 12.1 Å². The summed E-state index contributed by atoms with van der Waals surface area (Å²) < 4.78 is 5.04. The van der Waals surface area contributed by atoms with E-state index in [1.54, 1.807) is 7.11 Å². The molecule has 0 aliphatic heterocycles. The number of benzene rings is 1. The van der Waals surface area contributed by atoms with E-state index in [0.717, 1.165) is 11.3 Å². The lowest BCUT2D eigenvalue weighted by atomic mass is 9.93. The Bertz CT molecular complexity index is 365. The van der Waals surface area contributed by atoms with Gasteiger partial charge in [-0.2, -0.15) is 0 Å². The van der Waals surface area contributed by atoms with Crippen molar-refractivity contribution in [3.63, 3.8) is 0 Å². The summed E-state index contributed by atoms with van der Waals surface area (Å²) in [6.45, 7) is 2.91. The topological polar surface area (TPSA) is 43.4 Å². The van der Waals surface area contributed by atoms with Gasteiger partial charge in [-0.05, 0) is 38.0 Å². The number of hydrogen-bond donors (Lipinski definition) is 0. The van der Waals surface area contributed by atoms with Crippen LogP contribution in [-0.2, 0) is 16.0 Å². The fourth-order valence-electron chi connectivity index (χ4n) is 1.57. The summed E-state index contributed by atoms with van der Waals surface area (Å²) in [5.41, 5.74) is 0.969. The molecule has 86 valence electrons. The molecule has 0 unspecified atom stereocenters. The monoisotopic (exact) mass is 220 g/mol. The number of Topliss-reactive ketones (excluding diaryl/α,β-unsaturated/α-hetero) is 2. The third kappa shape index (κ3) is 3.19. The largest absolute Gasteiger partial charge is 0.497 e. The van der Waals surface area contributed by atoms with E-state index in [0.29, 0.717) is 6.42 Å². The van der Waals surface area contributed by atoms with Crippen molar-refractivity contribution in [1.29, 1.82) is 0 Å². The van der Waals surface area contributed by atoms with Crippen molar-refractivity contribution in [2.24, 2.45) is 5.92 Å². The molecule has 16 heavy (non-hydrogen) atoms. The number of ether oxygens (including phenoxy) is 1. The van der Waals surface area contributed by atoms with E-state index in [9.17, 15) is 9.59 Å². The smallest absolute Gasteiger partial charge is 0.140 e. The Morgan fingerprint density at radius 2 is 1.62 bits per heavy atom. The molecular weight excluding hydrogens is 204 g/mol. The van der Waals surface area contributed by atoms with Crippen LogP contribution in [-0.4, -0.2) is 18.7 Å². The average Bonchev–Trinajstić information content (AvgIpc) is 2.25. The van der Waals surface area contributed by atoms with Gasteiger partial charge in [0.2, 0.25) is 0 Å². The molecule has 3 heteroatoms. The van der Waals surface area contributed by atoms with E-state index in [-0.39, 0.29) is 11.6 Å². The van der Waals surface area contributed by atoms with E-state index in [1.807, 2.05) is 24.3 Å². The Morgan fingerprint density at radius 3 is 2.00 bits per heavy atom. The molecule has 0 fully saturated rings. The van der Waals surface area contributed by atoms with Crippen LogP contribution in [0, 0.1) is 5.92 Å². The van der Waals surface area contributed by atoms with Gasteiger partial charge in [0.15, 0.2) is 0 Å². The van der Waals surface area contributed by atoms with Crippen LogP contribution < -0.4 is 4.74 Å². The summed E-state index contributed by atoms with van der Waals surface area (Å²) >= 11 is 0. The number of carbonyl (C=O) groups excluding carboxylic acids is 2. The first-order valence-electron chi connectivity index (χ1n) is 5.18. The van der Waals surface area contributed by atoms with Crippen molar-refractivity contribution in [2.45, 2.75) is 20.3 Å². The zero-order valence-electron chi connectivity index (χ0n) is 9.82. The average molecular weight is 220 g/mol. The maximum absolute atomic E-state index is 11.3. The molecule has 0 atom stereocenters. The summed E-state index contributed by atoms with van der Waals surface area (Å²) in [6.07, 6.45) is 0.467. The second kappa shape index (κ2) is 5.45. The van der Waals surface area contributed by atoms with Crippen molar-refractivity contribution in [2.75, 3.05) is 7.11 Å². The van der Waals surface area contributed by atoms with Gasteiger partial charge in [-0.3, -0.25) is 9.59 Å². The molecule has 0 aromatic heterocycles. The second-order valence-electron chi connectivity index (χ2n) is 3.83. The Hall–Kier alpha value is -1.64. The predicted octanol–water partition coefficient (Wildman–Crippen LogP) is 2.03. The highest BCUT2D eigenvalue weighted by atomic mass is 16.5. The molecule has 0 amide bonds. The maximum Gasteiger partial charge on any atom is 0.140 e. The number of ketones is 2. The summed E-state index contributed by atoms with van der Waals surface area (Å²) in [5.74, 6) is 0.0889. The van der Waals surface area contributed by atoms with Crippen molar-refractivity contribution >= 4 is 11.6 Å². The third-order valence-electron chi connectivity index (χ3n) is 2.58. The Labute approximate surface area is 95.4 Å². The van der Waals surface area contributed by atoms with Crippen molar-refractivity contribution in [3.05, 3.63) is 29.8 Å². The van der Waals surface area contributed by atoms with Gasteiger partial charge in [0.05, 0.1) is 13.0 Å². The van der Waals surface area contributed by atoms with Crippen molar-refractivity contribution < 1.29 is 14.3 Å². The zero-order chi connectivity index (χ0) is 12.1. The summed E-state index contributed by atoms with van der Waals surface area (Å²) in [6, 6.07) is 7.40. The molecule has 0 radical (unpaired) electrons. The lowest BCUT2D eigenvalue weighted by Crippen LogP contribution is -2.21. The third-order valence-corrected chi connectivity index (χ3v) is 2.58. The van der Waals surface area contributed by atoms with Crippen molar-refractivity contribution in [3.8, 4) is 5.75 Å². The molecule has 0 saturated heterocycles. The van der Waals surface area contributed by atoms with Crippen LogP contribution in [0.1, 0.15) is 19.4 Å². The van der Waals surface area contributed by atoms with Gasteiger partial charge >= 0.3 is 0 Å². The first-order chi connectivity index (χ1) is 7.54. The molecule has 1 aromatic carbocycles. The van der Waals surface area contributed by atoms with Crippen LogP contribution in [0.5, 0.6) is 5.75 Å². The number of methoxy groups -OCH3 is 1. The van der Waals surface area contributed by atoms with E-state index in [2.05, 4.69) is 0 Å². The molecular formula is C13H16O3. The fraction of sp³-hybridized carbons (Fsp3) is 0.385. The lowest BCUT2D eigenvalue weighted by molar-refractivity contribution is -0.130. The minimum atomic E-state index is -0.520. The van der Waals surface area contributed by atoms with Gasteiger partial charge in [0.1, 0.15) is 17.3 Å². The highest BCUT2D eigenvalue weighted by molar-refractivity contribution is 6.00. The van der Waals surface area contributed by atoms with Gasteiger partial charge in [0, 0.05) is 0 Å². The van der Waals surface area contributed by atoms with Crippen LogP contribution in [0.25, 0.3) is 0 Å². The van der Waals surface area contributed by atoms with E-state index >= 15 is 0 Å². The molecule has 0 N–H and O–H groups in total. The molecule has 1 rings (SSSR count). The highest BCUT2D eigenvalue weighted by Gasteiger charge is 2.19. The summed E-state index contributed by atoms with van der Waals surface area (Å²) in [4.78, 5) is 22.5. The second-order valence-corrected chi connectivity index (χ2v) is 3.83. The summed E-state index contributed by atoms with van der Waals surface area (Å²) in [7, 11) is 1.60. The van der Waals surface area contributed by atoms with Gasteiger partial charge in [-0.15, -0.1) is 0 Å². The lowest BCUT2D eigenvalue weighted by Gasteiger charge is -2.10. The molecule has 0 spiro atoms. The Kier molecular flexibility index (Phi) is 4.23. The minimum Gasteiger partial charge on any atom is -0.497 e. The van der Waals surface area contributed by atoms with Crippen LogP contribution >= 0.6 is 0 Å². The van der Waals surface area contributed by atoms with Crippen LogP contribution in [0.4, 0.5) is 0 Å². The first kappa shape index (κ1) is 12.4. The molecule has 0 bridgehead atoms. The standard InChI is InChI=1S/C13H16O3/c1-9(14)13(10(2)15)8-11-4-6-12(16-3)7-5-11/h4-7,13H,8H2,1-3H3. The van der Waals surface area contributed by atoms with E-state index < -0.39 is 5.92 Å². The predicted molar refractivity (Wildman–Crippen MR) is 61.6 cm³/mol.